The molecular weight excluding hydrogens is 226 g/mol. The predicted molar refractivity (Wildman–Crippen MR) is 75.8 cm³/mol. The lowest BCUT2D eigenvalue weighted by Gasteiger charge is -2.08. The van der Waals surface area contributed by atoms with Crippen LogP contribution in [0, 0.1) is 5.92 Å². The third-order valence-electron chi connectivity index (χ3n) is 2.65. The first-order valence-corrected chi connectivity index (χ1v) is 6.89. The molecule has 0 bridgehead atoms. The fraction of sp³-hybridized carbons (Fsp3) is 0.769. The topological polar surface area (TPSA) is 62.7 Å². The van der Waals surface area contributed by atoms with Crippen LogP contribution in [0.2, 0.25) is 0 Å². The van der Waals surface area contributed by atoms with Crippen molar-refractivity contribution < 1.29 is 0 Å². The Balaban J connectivity index is 2.32. The van der Waals surface area contributed by atoms with Crippen LogP contribution in [0.15, 0.2) is 6.20 Å². The maximum Gasteiger partial charge on any atom is 0.244 e. The van der Waals surface area contributed by atoms with Gasteiger partial charge in [0.25, 0.3) is 0 Å². The summed E-state index contributed by atoms with van der Waals surface area (Å²) in [5, 5.41) is 14.4. The highest BCUT2D eigenvalue weighted by atomic mass is 15.3. The summed E-state index contributed by atoms with van der Waals surface area (Å²) in [6.07, 6.45) is 6.38. The summed E-state index contributed by atoms with van der Waals surface area (Å²) in [4.78, 5) is 4.37. The van der Waals surface area contributed by atoms with Gasteiger partial charge in [-0.1, -0.05) is 33.6 Å². The maximum absolute atomic E-state index is 4.37. The lowest BCUT2D eigenvalue weighted by molar-refractivity contribution is 0.606. The van der Waals surface area contributed by atoms with Crippen LogP contribution < -0.4 is 10.6 Å². The molecule has 0 saturated carbocycles. The minimum atomic E-state index is 0.612. The zero-order chi connectivity index (χ0) is 13.2. The average molecular weight is 251 g/mol. The SMILES string of the molecule is CCCCCNc1nncc(NCCC(C)C)n1. The number of aromatic nitrogens is 3. The van der Waals surface area contributed by atoms with Gasteiger partial charge in [0, 0.05) is 13.1 Å². The molecule has 0 unspecified atom stereocenters. The Morgan fingerprint density at radius 2 is 2.00 bits per heavy atom. The van der Waals surface area contributed by atoms with Gasteiger partial charge in [-0.3, -0.25) is 0 Å². The molecule has 0 spiro atoms. The van der Waals surface area contributed by atoms with E-state index in [0.717, 1.165) is 31.7 Å². The smallest absolute Gasteiger partial charge is 0.244 e. The van der Waals surface area contributed by atoms with E-state index in [1.54, 1.807) is 6.20 Å². The van der Waals surface area contributed by atoms with Crippen molar-refractivity contribution >= 4 is 11.8 Å². The van der Waals surface area contributed by atoms with Crippen molar-refractivity contribution in [2.24, 2.45) is 5.92 Å². The Kier molecular flexibility index (Phi) is 7.06. The molecule has 0 aliphatic rings. The molecule has 0 aromatic carbocycles. The summed E-state index contributed by atoms with van der Waals surface area (Å²) >= 11 is 0. The number of unbranched alkanes of at least 4 members (excludes halogenated alkanes) is 2. The van der Waals surface area contributed by atoms with Crippen molar-refractivity contribution in [3.63, 3.8) is 0 Å². The molecule has 1 rings (SSSR count). The predicted octanol–water partition coefficient (Wildman–Crippen LogP) is 2.93. The molecule has 0 fully saturated rings. The number of nitrogens with one attached hydrogen (secondary N) is 2. The number of rotatable bonds is 9. The van der Waals surface area contributed by atoms with Crippen LogP contribution in [-0.2, 0) is 0 Å². The molecule has 0 saturated heterocycles. The van der Waals surface area contributed by atoms with Crippen LogP contribution >= 0.6 is 0 Å². The van der Waals surface area contributed by atoms with Gasteiger partial charge >= 0.3 is 0 Å². The van der Waals surface area contributed by atoms with Gasteiger partial charge in [0.1, 0.15) is 5.82 Å². The lowest BCUT2D eigenvalue weighted by Crippen LogP contribution is -2.10. The second-order valence-corrected chi connectivity index (χ2v) is 4.91. The second-order valence-electron chi connectivity index (χ2n) is 4.91. The van der Waals surface area contributed by atoms with E-state index in [1.807, 2.05) is 0 Å². The van der Waals surface area contributed by atoms with Gasteiger partial charge in [-0.25, -0.2) is 0 Å². The summed E-state index contributed by atoms with van der Waals surface area (Å²) in [5.41, 5.74) is 0. The average Bonchev–Trinajstić information content (AvgIpc) is 2.35. The van der Waals surface area contributed by atoms with Gasteiger partial charge < -0.3 is 10.6 Å². The molecule has 0 radical (unpaired) electrons. The van der Waals surface area contributed by atoms with Gasteiger partial charge in [0.15, 0.2) is 0 Å². The molecule has 5 nitrogen and oxygen atoms in total. The minimum Gasteiger partial charge on any atom is -0.369 e. The van der Waals surface area contributed by atoms with E-state index in [0.29, 0.717) is 11.9 Å². The van der Waals surface area contributed by atoms with E-state index in [9.17, 15) is 0 Å². The lowest BCUT2D eigenvalue weighted by atomic mass is 10.1. The van der Waals surface area contributed by atoms with Gasteiger partial charge in [0.05, 0.1) is 6.20 Å². The zero-order valence-electron chi connectivity index (χ0n) is 11.7. The summed E-state index contributed by atoms with van der Waals surface area (Å²) in [7, 11) is 0. The molecule has 1 heterocycles. The normalized spacial score (nSPS) is 10.7. The Morgan fingerprint density at radius 3 is 2.72 bits per heavy atom. The molecule has 0 atom stereocenters. The summed E-state index contributed by atoms with van der Waals surface area (Å²) in [6, 6.07) is 0. The Morgan fingerprint density at radius 1 is 1.17 bits per heavy atom. The molecule has 0 aliphatic heterocycles. The molecule has 102 valence electrons. The Labute approximate surface area is 110 Å². The number of nitrogens with zero attached hydrogens (tertiary/aromatic N) is 3. The fourth-order valence-electron chi connectivity index (χ4n) is 1.53. The van der Waals surface area contributed by atoms with Crippen molar-refractivity contribution in [1.82, 2.24) is 15.2 Å². The first-order valence-electron chi connectivity index (χ1n) is 6.89. The fourth-order valence-corrected chi connectivity index (χ4v) is 1.53. The standard InChI is InChI=1S/C13H25N5/c1-4-5-6-8-15-13-17-12(10-16-18-13)14-9-7-11(2)3/h10-11H,4-9H2,1-3H3,(H2,14,15,17,18). The van der Waals surface area contributed by atoms with Crippen molar-refractivity contribution in [1.29, 1.82) is 0 Å². The van der Waals surface area contributed by atoms with Crippen molar-refractivity contribution in [2.75, 3.05) is 23.7 Å². The van der Waals surface area contributed by atoms with Crippen LogP contribution in [0.4, 0.5) is 11.8 Å². The molecule has 1 aromatic heterocycles. The molecule has 1 aromatic rings. The molecule has 0 amide bonds. The number of hydrogen-bond acceptors (Lipinski definition) is 5. The van der Waals surface area contributed by atoms with E-state index in [1.165, 1.54) is 12.8 Å². The molecule has 2 N–H and O–H groups in total. The second kappa shape index (κ2) is 8.66. The summed E-state index contributed by atoms with van der Waals surface area (Å²) in [6.45, 7) is 8.44. The van der Waals surface area contributed by atoms with Gasteiger partial charge in [-0.05, 0) is 18.8 Å². The third-order valence-corrected chi connectivity index (χ3v) is 2.65. The van der Waals surface area contributed by atoms with E-state index >= 15 is 0 Å². The minimum absolute atomic E-state index is 0.612. The summed E-state index contributed by atoms with van der Waals surface area (Å²) < 4.78 is 0. The van der Waals surface area contributed by atoms with Crippen LogP contribution in [0.3, 0.4) is 0 Å². The highest BCUT2D eigenvalue weighted by Crippen LogP contribution is 2.06. The molecule has 18 heavy (non-hydrogen) atoms. The van der Waals surface area contributed by atoms with Crippen LogP contribution in [0.1, 0.15) is 46.5 Å². The maximum atomic E-state index is 4.37. The molecule has 0 aliphatic carbocycles. The third kappa shape index (κ3) is 6.37. The van der Waals surface area contributed by atoms with E-state index in [4.69, 9.17) is 0 Å². The number of hydrogen-bond donors (Lipinski definition) is 2. The molecule has 5 heteroatoms. The first kappa shape index (κ1) is 14.7. The summed E-state index contributed by atoms with van der Waals surface area (Å²) in [5.74, 6) is 2.10. The van der Waals surface area contributed by atoms with Gasteiger partial charge in [-0.15, -0.1) is 5.10 Å². The highest BCUT2D eigenvalue weighted by Gasteiger charge is 2.00. The Bertz CT molecular complexity index is 327. The molecular formula is C13H25N5. The van der Waals surface area contributed by atoms with Crippen molar-refractivity contribution in [3.8, 4) is 0 Å². The Hall–Kier alpha value is -1.39. The zero-order valence-corrected chi connectivity index (χ0v) is 11.7. The quantitative estimate of drug-likeness (QED) is 0.661. The van der Waals surface area contributed by atoms with Crippen molar-refractivity contribution in [2.45, 2.75) is 46.5 Å². The van der Waals surface area contributed by atoms with Gasteiger partial charge in [-0.2, -0.15) is 10.1 Å². The van der Waals surface area contributed by atoms with Crippen molar-refractivity contribution in [3.05, 3.63) is 6.20 Å². The monoisotopic (exact) mass is 251 g/mol. The first-order chi connectivity index (χ1) is 8.72. The van der Waals surface area contributed by atoms with E-state index in [2.05, 4.69) is 46.6 Å². The van der Waals surface area contributed by atoms with Crippen LogP contribution in [-0.4, -0.2) is 28.3 Å². The number of anilines is 2. The van der Waals surface area contributed by atoms with E-state index < -0.39 is 0 Å². The van der Waals surface area contributed by atoms with Gasteiger partial charge in [0.2, 0.25) is 5.95 Å². The largest absolute Gasteiger partial charge is 0.369 e. The van der Waals surface area contributed by atoms with Crippen LogP contribution in [0.25, 0.3) is 0 Å². The van der Waals surface area contributed by atoms with Crippen LogP contribution in [0.5, 0.6) is 0 Å². The van der Waals surface area contributed by atoms with E-state index in [-0.39, 0.29) is 0 Å². The highest BCUT2D eigenvalue weighted by molar-refractivity contribution is 5.36.